The molecular weight excluding hydrogens is 250 g/mol. The first-order valence-electron chi connectivity index (χ1n) is 6.74. The molecule has 3 N–H and O–H groups in total. The Labute approximate surface area is 119 Å². The van der Waals surface area contributed by atoms with Gasteiger partial charge in [0.15, 0.2) is 0 Å². The molecule has 0 saturated heterocycles. The van der Waals surface area contributed by atoms with Gasteiger partial charge in [-0.05, 0) is 48.2 Å². The van der Waals surface area contributed by atoms with Crippen molar-refractivity contribution in [3.63, 3.8) is 0 Å². The first kappa shape index (κ1) is 14.1. The molecule has 2 aromatic rings. The second-order valence-corrected chi connectivity index (χ2v) is 4.70. The van der Waals surface area contributed by atoms with Gasteiger partial charge in [0.05, 0.1) is 0 Å². The third kappa shape index (κ3) is 4.72. The Kier molecular flexibility index (Phi) is 5.12. The monoisotopic (exact) mass is 269 g/mol. The van der Waals surface area contributed by atoms with Crippen molar-refractivity contribution in [2.75, 3.05) is 12.3 Å². The molecular formula is C16H19N3O. The van der Waals surface area contributed by atoms with Crippen LogP contribution in [0.2, 0.25) is 0 Å². The van der Waals surface area contributed by atoms with Crippen molar-refractivity contribution in [2.24, 2.45) is 0 Å². The lowest BCUT2D eigenvalue weighted by Crippen LogP contribution is -2.25. The number of amides is 1. The molecule has 0 radical (unpaired) electrons. The quantitative estimate of drug-likeness (QED) is 0.788. The summed E-state index contributed by atoms with van der Waals surface area (Å²) in [6, 6.07) is 11.6. The third-order valence-corrected chi connectivity index (χ3v) is 3.08. The Morgan fingerprint density at radius 3 is 2.65 bits per heavy atom. The molecule has 0 bridgehead atoms. The molecule has 104 valence electrons. The van der Waals surface area contributed by atoms with Gasteiger partial charge >= 0.3 is 0 Å². The summed E-state index contributed by atoms with van der Waals surface area (Å²) in [6.07, 6.45) is 5.55. The van der Waals surface area contributed by atoms with Gasteiger partial charge in [-0.15, -0.1) is 0 Å². The van der Waals surface area contributed by atoms with Gasteiger partial charge in [0.2, 0.25) is 5.91 Å². The van der Waals surface area contributed by atoms with Crippen LogP contribution in [0.3, 0.4) is 0 Å². The van der Waals surface area contributed by atoms with Crippen LogP contribution < -0.4 is 11.1 Å². The Bertz CT molecular complexity index is 555. The Hall–Kier alpha value is -2.36. The number of nitrogens with two attached hydrogens (primary N) is 1. The summed E-state index contributed by atoms with van der Waals surface area (Å²) in [5.41, 5.74) is 8.71. The second kappa shape index (κ2) is 7.28. The highest BCUT2D eigenvalue weighted by molar-refractivity contribution is 5.76. The summed E-state index contributed by atoms with van der Waals surface area (Å²) in [5, 5.41) is 2.93. The molecule has 0 spiro atoms. The smallest absolute Gasteiger partial charge is 0.220 e. The fourth-order valence-electron chi connectivity index (χ4n) is 1.99. The van der Waals surface area contributed by atoms with Gasteiger partial charge in [0.25, 0.3) is 0 Å². The van der Waals surface area contributed by atoms with E-state index in [-0.39, 0.29) is 5.91 Å². The van der Waals surface area contributed by atoms with E-state index < -0.39 is 0 Å². The summed E-state index contributed by atoms with van der Waals surface area (Å²) in [4.78, 5) is 15.7. The number of benzene rings is 1. The molecule has 0 fully saturated rings. The SMILES string of the molecule is Nc1cccc(CCC(=O)NCCc2ccncc2)c1. The number of nitrogens with zero attached hydrogens (tertiary/aromatic N) is 1. The van der Waals surface area contributed by atoms with Crippen LogP contribution in [-0.4, -0.2) is 17.4 Å². The molecule has 0 atom stereocenters. The number of aryl methyl sites for hydroxylation is 1. The standard InChI is InChI=1S/C16H19N3O/c17-15-3-1-2-14(12-15)4-5-16(20)19-11-8-13-6-9-18-10-7-13/h1-3,6-7,9-10,12H,4-5,8,11,17H2,(H,19,20). The second-order valence-electron chi connectivity index (χ2n) is 4.70. The van der Waals surface area contributed by atoms with Gasteiger partial charge < -0.3 is 11.1 Å². The topological polar surface area (TPSA) is 68.0 Å². The maximum atomic E-state index is 11.7. The summed E-state index contributed by atoms with van der Waals surface area (Å²) >= 11 is 0. The maximum Gasteiger partial charge on any atom is 0.220 e. The normalized spacial score (nSPS) is 10.2. The van der Waals surface area contributed by atoms with Crippen LogP contribution >= 0.6 is 0 Å². The molecule has 4 heteroatoms. The molecule has 0 unspecified atom stereocenters. The number of rotatable bonds is 6. The van der Waals surface area contributed by atoms with Gasteiger partial charge in [0.1, 0.15) is 0 Å². The minimum Gasteiger partial charge on any atom is -0.399 e. The average molecular weight is 269 g/mol. The number of aromatic nitrogens is 1. The van der Waals surface area contributed by atoms with Crippen molar-refractivity contribution in [1.82, 2.24) is 10.3 Å². The molecule has 0 aliphatic carbocycles. The van der Waals surface area contributed by atoms with Crippen LogP contribution in [0, 0.1) is 0 Å². The van der Waals surface area contributed by atoms with Crippen molar-refractivity contribution < 1.29 is 4.79 Å². The van der Waals surface area contributed by atoms with Crippen molar-refractivity contribution >= 4 is 11.6 Å². The van der Waals surface area contributed by atoms with Crippen LogP contribution in [0.4, 0.5) is 5.69 Å². The number of hydrogen-bond donors (Lipinski definition) is 2. The summed E-state index contributed by atoms with van der Waals surface area (Å²) in [7, 11) is 0. The van der Waals surface area contributed by atoms with Crippen molar-refractivity contribution in [1.29, 1.82) is 0 Å². The van der Waals surface area contributed by atoms with E-state index >= 15 is 0 Å². The fraction of sp³-hybridized carbons (Fsp3) is 0.250. The summed E-state index contributed by atoms with van der Waals surface area (Å²) in [6.45, 7) is 0.653. The summed E-state index contributed by atoms with van der Waals surface area (Å²) < 4.78 is 0. The first-order valence-corrected chi connectivity index (χ1v) is 6.74. The highest BCUT2D eigenvalue weighted by Gasteiger charge is 2.02. The largest absolute Gasteiger partial charge is 0.399 e. The predicted octanol–water partition coefficient (Wildman–Crippen LogP) is 1.96. The van der Waals surface area contributed by atoms with Gasteiger partial charge in [0, 0.05) is 31.0 Å². The van der Waals surface area contributed by atoms with Crippen LogP contribution in [0.5, 0.6) is 0 Å². The molecule has 1 amide bonds. The summed E-state index contributed by atoms with van der Waals surface area (Å²) in [5.74, 6) is 0.0708. The van der Waals surface area contributed by atoms with Gasteiger partial charge in [-0.1, -0.05) is 12.1 Å². The number of hydrogen-bond acceptors (Lipinski definition) is 3. The van der Waals surface area contributed by atoms with E-state index in [1.807, 2.05) is 36.4 Å². The molecule has 1 aromatic carbocycles. The number of nitrogen functional groups attached to an aromatic ring is 1. The third-order valence-electron chi connectivity index (χ3n) is 3.08. The molecule has 4 nitrogen and oxygen atoms in total. The number of carbonyl (C=O) groups excluding carboxylic acids is 1. The van der Waals surface area contributed by atoms with E-state index in [0.717, 1.165) is 17.7 Å². The Morgan fingerprint density at radius 2 is 1.90 bits per heavy atom. The molecule has 2 rings (SSSR count). The average Bonchev–Trinajstić information content (AvgIpc) is 2.46. The van der Waals surface area contributed by atoms with E-state index in [0.29, 0.717) is 19.4 Å². The molecule has 1 heterocycles. The highest BCUT2D eigenvalue weighted by Crippen LogP contribution is 2.08. The van der Waals surface area contributed by atoms with E-state index in [2.05, 4.69) is 10.3 Å². The lowest BCUT2D eigenvalue weighted by Gasteiger charge is -2.06. The fourth-order valence-corrected chi connectivity index (χ4v) is 1.99. The molecule has 0 saturated carbocycles. The Balaban J connectivity index is 1.68. The van der Waals surface area contributed by atoms with Crippen molar-refractivity contribution in [3.05, 3.63) is 59.9 Å². The zero-order valence-corrected chi connectivity index (χ0v) is 11.4. The van der Waals surface area contributed by atoms with E-state index in [9.17, 15) is 4.79 Å². The molecule has 0 aliphatic heterocycles. The molecule has 0 aliphatic rings. The minimum absolute atomic E-state index is 0.0708. The van der Waals surface area contributed by atoms with E-state index in [4.69, 9.17) is 5.73 Å². The van der Waals surface area contributed by atoms with Crippen LogP contribution in [0.15, 0.2) is 48.8 Å². The lowest BCUT2D eigenvalue weighted by atomic mass is 10.1. The zero-order chi connectivity index (χ0) is 14.2. The van der Waals surface area contributed by atoms with Crippen LogP contribution in [0.25, 0.3) is 0 Å². The Morgan fingerprint density at radius 1 is 1.10 bits per heavy atom. The van der Waals surface area contributed by atoms with E-state index in [1.54, 1.807) is 12.4 Å². The maximum absolute atomic E-state index is 11.7. The van der Waals surface area contributed by atoms with Gasteiger partial charge in [-0.25, -0.2) is 0 Å². The minimum atomic E-state index is 0.0708. The molecule has 20 heavy (non-hydrogen) atoms. The predicted molar refractivity (Wildman–Crippen MR) is 80.1 cm³/mol. The van der Waals surface area contributed by atoms with E-state index in [1.165, 1.54) is 5.56 Å². The number of pyridine rings is 1. The highest BCUT2D eigenvalue weighted by atomic mass is 16.1. The van der Waals surface area contributed by atoms with Crippen LogP contribution in [-0.2, 0) is 17.6 Å². The number of carbonyl (C=O) groups is 1. The van der Waals surface area contributed by atoms with Crippen LogP contribution in [0.1, 0.15) is 17.5 Å². The number of anilines is 1. The van der Waals surface area contributed by atoms with Crippen molar-refractivity contribution in [2.45, 2.75) is 19.3 Å². The lowest BCUT2D eigenvalue weighted by molar-refractivity contribution is -0.121. The number of nitrogens with one attached hydrogen (secondary N) is 1. The van der Waals surface area contributed by atoms with Crippen molar-refractivity contribution in [3.8, 4) is 0 Å². The zero-order valence-electron chi connectivity index (χ0n) is 11.4. The van der Waals surface area contributed by atoms with Gasteiger partial charge in [-0.3, -0.25) is 9.78 Å². The first-order chi connectivity index (χ1) is 9.74. The molecule has 1 aromatic heterocycles. The van der Waals surface area contributed by atoms with Gasteiger partial charge in [-0.2, -0.15) is 0 Å².